The van der Waals surface area contributed by atoms with Crippen LogP contribution in [0.1, 0.15) is 52.9 Å². The number of unbranched alkanes of at least 4 members (excludes halogenated alkanes) is 1. The van der Waals surface area contributed by atoms with Crippen molar-refractivity contribution < 1.29 is 9.47 Å². The Balaban J connectivity index is 2.04. The van der Waals surface area contributed by atoms with Crippen molar-refractivity contribution in [3.63, 3.8) is 0 Å². The third-order valence-electron chi connectivity index (χ3n) is 3.32. The van der Waals surface area contributed by atoms with Crippen LogP contribution in [0, 0.1) is 5.92 Å². The number of hydrogen-bond donors (Lipinski definition) is 0. The monoisotopic (exact) mass is 226 g/mol. The molecule has 1 rings (SSSR count). The van der Waals surface area contributed by atoms with Crippen molar-refractivity contribution in [2.24, 2.45) is 5.92 Å². The Morgan fingerprint density at radius 3 is 2.56 bits per heavy atom. The molecule has 0 amide bonds. The van der Waals surface area contributed by atoms with Crippen molar-refractivity contribution in [3.8, 4) is 0 Å². The molecule has 0 saturated carbocycles. The normalized spacial score (nSPS) is 21.7. The van der Waals surface area contributed by atoms with Gasteiger partial charge in [-0.2, -0.15) is 0 Å². The lowest BCUT2D eigenvalue weighted by atomic mass is 10.0. The summed E-state index contributed by atoms with van der Waals surface area (Å²) in [7, 11) is 0. The Hall–Kier alpha value is -0.340. The van der Waals surface area contributed by atoms with Gasteiger partial charge in [0.2, 0.25) is 0 Å². The SMILES string of the molecule is CCC(C)CCC/C=C/CC1(C)OCCO1. The van der Waals surface area contributed by atoms with Crippen molar-refractivity contribution >= 4 is 0 Å². The largest absolute Gasteiger partial charge is 0.348 e. The smallest absolute Gasteiger partial charge is 0.169 e. The molecule has 2 heteroatoms. The molecule has 0 spiro atoms. The molecule has 0 bridgehead atoms. The van der Waals surface area contributed by atoms with Gasteiger partial charge in [0.15, 0.2) is 5.79 Å². The van der Waals surface area contributed by atoms with Gasteiger partial charge < -0.3 is 9.47 Å². The Morgan fingerprint density at radius 2 is 1.94 bits per heavy atom. The van der Waals surface area contributed by atoms with E-state index in [1.54, 1.807) is 0 Å². The lowest BCUT2D eigenvalue weighted by Crippen LogP contribution is -2.24. The van der Waals surface area contributed by atoms with Gasteiger partial charge in [-0.25, -0.2) is 0 Å². The van der Waals surface area contributed by atoms with Gasteiger partial charge >= 0.3 is 0 Å². The van der Waals surface area contributed by atoms with Crippen LogP contribution in [-0.2, 0) is 9.47 Å². The summed E-state index contributed by atoms with van der Waals surface area (Å²) in [6.45, 7) is 8.07. The molecule has 1 saturated heterocycles. The molecular weight excluding hydrogens is 200 g/mol. The zero-order chi connectivity index (χ0) is 11.9. The summed E-state index contributed by atoms with van der Waals surface area (Å²) in [6, 6.07) is 0. The van der Waals surface area contributed by atoms with Crippen LogP contribution in [0.2, 0.25) is 0 Å². The lowest BCUT2D eigenvalue weighted by molar-refractivity contribution is -0.138. The maximum Gasteiger partial charge on any atom is 0.169 e. The topological polar surface area (TPSA) is 18.5 Å². The zero-order valence-corrected chi connectivity index (χ0v) is 11.0. The average molecular weight is 226 g/mol. The van der Waals surface area contributed by atoms with Crippen LogP contribution in [0.25, 0.3) is 0 Å². The van der Waals surface area contributed by atoms with E-state index in [9.17, 15) is 0 Å². The van der Waals surface area contributed by atoms with Crippen LogP contribution in [0.4, 0.5) is 0 Å². The van der Waals surface area contributed by atoms with E-state index in [0.717, 1.165) is 25.6 Å². The van der Waals surface area contributed by atoms with Crippen molar-refractivity contribution in [2.45, 2.75) is 58.7 Å². The fourth-order valence-corrected chi connectivity index (χ4v) is 1.88. The van der Waals surface area contributed by atoms with Gasteiger partial charge in [-0.1, -0.05) is 38.8 Å². The number of ether oxygens (including phenoxy) is 2. The highest BCUT2D eigenvalue weighted by atomic mass is 16.7. The summed E-state index contributed by atoms with van der Waals surface area (Å²) in [5, 5.41) is 0. The Morgan fingerprint density at radius 1 is 1.25 bits per heavy atom. The first kappa shape index (κ1) is 13.7. The third-order valence-corrected chi connectivity index (χ3v) is 3.32. The van der Waals surface area contributed by atoms with Crippen molar-refractivity contribution in [1.29, 1.82) is 0 Å². The number of rotatable bonds is 7. The summed E-state index contributed by atoms with van der Waals surface area (Å²) >= 11 is 0. The van der Waals surface area contributed by atoms with Crippen molar-refractivity contribution in [3.05, 3.63) is 12.2 Å². The molecule has 0 aromatic heterocycles. The Bertz CT molecular complexity index is 205. The predicted octanol–water partition coefficient (Wildman–Crippen LogP) is 3.91. The van der Waals surface area contributed by atoms with E-state index in [2.05, 4.69) is 26.0 Å². The minimum absolute atomic E-state index is 0.354. The molecule has 0 aliphatic carbocycles. The van der Waals surface area contributed by atoms with E-state index in [1.807, 2.05) is 6.92 Å². The maximum absolute atomic E-state index is 5.53. The number of allylic oxidation sites excluding steroid dienone is 1. The van der Waals surface area contributed by atoms with Crippen LogP contribution in [0.15, 0.2) is 12.2 Å². The van der Waals surface area contributed by atoms with E-state index in [1.165, 1.54) is 25.7 Å². The van der Waals surface area contributed by atoms with Gasteiger partial charge in [-0.15, -0.1) is 0 Å². The van der Waals surface area contributed by atoms with E-state index < -0.39 is 0 Å². The van der Waals surface area contributed by atoms with Gasteiger partial charge in [0.05, 0.1) is 13.2 Å². The van der Waals surface area contributed by atoms with Crippen LogP contribution in [0.3, 0.4) is 0 Å². The minimum Gasteiger partial charge on any atom is -0.348 e. The molecule has 1 aliphatic heterocycles. The van der Waals surface area contributed by atoms with E-state index in [-0.39, 0.29) is 5.79 Å². The van der Waals surface area contributed by atoms with Crippen LogP contribution in [0.5, 0.6) is 0 Å². The van der Waals surface area contributed by atoms with Gasteiger partial charge in [-0.05, 0) is 25.7 Å². The molecule has 2 nitrogen and oxygen atoms in total. The average Bonchev–Trinajstić information content (AvgIpc) is 2.70. The second-order valence-electron chi connectivity index (χ2n) is 4.95. The predicted molar refractivity (Wildman–Crippen MR) is 67.4 cm³/mol. The van der Waals surface area contributed by atoms with E-state index in [0.29, 0.717) is 0 Å². The van der Waals surface area contributed by atoms with Crippen molar-refractivity contribution in [2.75, 3.05) is 13.2 Å². The van der Waals surface area contributed by atoms with E-state index in [4.69, 9.17) is 9.47 Å². The molecule has 0 aromatic rings. The first-order chi connectivity index (χ1) is 7.66. The molecule has 16 heavy (non-hydrogen) atoms. The highest BCUT2D eigenvalue weighted by Crippen LogP contribution is 2.23. The quantitative estimate of drug-likeness (QED) is 0.484. The highest BCUT2D eigenvalue weighted by molar-refractivity contribution is 4.87. The standard InChI is InChI=1S/C14H26O2/c1-4-13(2)9-7-5-6-8-10-14(3)15-11-12-16-14/h6,8,13H,4-5,7,9-12H2,1-3H3/b8-6+. The first-order valence-electron chi connectivity index (χ1n) is 6.59. The zero-order valence-electron chi connectivity index (χ0n) is 11.0. The summed E-state index contributed by atoms with van der Waals surface area (Å²) in [4.78, 5) is 0. The van der Waals surface area contributed by atoms with Gasteiger partial charge in [-0.3, -0.25) is 0 Å². The summed E-state index contributed by atoms with van der Waals surface area (Å²) in [5.74, 6) is 0.514. The second-order valence-corrected chi connectivity index (χ2v) is 4.95. The molecule has 1 unspecified atom stereocenters. The Labute approximate surface area is 100 Å². The Kier molecular flexibility index (Phi) is 6.07. The van der Waals surface area contributed by atoms with Crippen LogP contribution < -0.4 is 0 Å². The summed E-state index contributed by atoms with van der Waals surface area (Å²) in [5.41, 5.74) is 0. The van der Waals surface area contributed by atoms with E-state index >= 15 is 0 Å². The maximum atomic E-state index is 5.53. The fourth-order valence-electron chi connectivity index (χ4n) is 1.88. The lowest BCUT2D eigenvalue weighted by Gasteiger charge is -2.19. The highest BCUT2D eigenvalue weighted by Gasteiger charge is 2.28. The summed E-state index contributed by atoms with van der Waals surface area (Å²) < 4.78 is 11.1. The minimum atomic E-state index is -0.354. The molecule has 1 aliphatic rings. The van der Waals surface area contributed by atoms with Crippen LogP contribution >= 0.6 is 0 Å². The molecule has 1 fully saturated rings. The van der Waals surface area contributed by atoms with Gasteiger partial charge in [0.25, 0.3) is 0 Å². The molecule has 1 heterocycles. The second kappa shape index (κ2) is 7.08. The van der Waals surface area contributed by atoms with Crippen molar-refractivity contribution in [1.82, 2.24) is 0 Å². The molecule has 94 valence electrons. The molecular formula is C14H26O2. The fraction of sp³-hybridized carbons (Fsp3) is 0.857. The molecule has 0 N–H and O–H groups in total. The molecule has 0 aromatic carbocycles. The number of hydrogen-bond acceptors (Lipinski definition) is 2. The molecule has 0 radical (unpaired) electrons. The third kappa shape index (κ3) is 5.13. The van der Waals surface area contributed by atoms with Gasteiger partial charge in [0, 0.05) is 6.42 Å². The van der Waals surface area contributed by atoms with Crippen LogP contribution in [-0.4, -0.2) is 19.0 Å². The molecule has 1 atom stereocenters. The first-order valence-corrected chi connectivity index (χ1v) is 6.59. The summed E-state index contributed by atoms with van der Waals surface area (Å²) in [6.07, 6.45) is 10.4. The van der Waals surface area contributed by atoms with Gasteiger partial charge in [0.1, 0.15) is 0 Å².